The molecule has 0 saturated heterocycles. The van der Waals surface area contributed by atoms with Crippen LogP contribution in [0.25, 0.3) is 21.8 Å². The maximum atomic E-state index is 10.7. The van der Waals surface area contributed by atoms with E-state index in [1.807, 2.05) is 42.5 Å². The Bertz CT molecular complexity index is 816. The highest BCUT2D eigenvalue weighted by molar-refractivity contribution is 7.15. The predicted molar refractivity (Wildman–Crippen MR) is 93.6 cm³/mol. The fourth-order valence-corrected chi connectivity index (χ4v) is 3.46. The van der Waals surface area contributed by atoms with Crippen LogP contribution in [0.2, 0.25) is 5.02 Å². The molecule has 3 rings (SSSR count). The largest absolute Gasteiger partial charge is 0.265 e. The van der Waals surface area contributed by atoms with Crippen LogP contribution >= 0.6 is 22.9 Å². The van der Waals surface area contributed by atoms with Gasteiger partial charge < -0.3 is 0 Å². The number of nitro groups is 1. The minimum Gasteiger partial charge on any atom is -0.265 e. The Morgan fingerprint density at radius 3 is 2.39 bits per heavy atom. The first-order valence-corrected chi connectivity index (χ1v) is 8.26. The first-order valence-electron chi connectivity index (χ1n) is 7.06. The molecule has 1 heterocycles. The van der Waals surface area contributed by atoms with Crippen LogP contribution in [0.4, 0.5) is 0 Å². The average molecular weight is 345 g/mol. The third kappa shape index (κ3) is 3.75. The van der Waals surface area contributed by atoms with Crippen molar-refractivity contribution in [2.24, 2.45) is 0 Å². The van der Waals surface area contributed by atoms with Crippen LogP contribution in [-0.2, 0) is 6.42 Å². The summed E-state index contributed by atoms with van der Waals surface area (Å²) in [5, 5.41) is 12.2. The van der Waals surface area contributed by atoms with Crippen LogP contribution in [0.1, 0.15) is 4.88 Å². The van der Waals surface area contributed by atoms with E-state index in [0.717, 1.165) is 26.7 Å². The van der Waals surface area contributed by atoms with Gasteiger partial charge in [-0.1, -0.05) is 54.1 Å². The van der Waals surface area contributed by atoms with E-state index in [1.165, 1.54) is 11.3 Å². The van der Waals surface area contributed by atoms with Crippen molar-refractivity contribution in [1.82, 2.24) is 4.98 Å². The Balaban J connectivity index is 2.03. The van der Waals surface area contributed by atoms with Crippen LogP contribution < -0.4 is 0 Å². The lowest BCUT2D eigenvalue weighted by Crippen LogP contribution is -2.03. The molecule has 116 valence electrons. The fraction of sp³-hybridized carbons (Fsp3) is 0.118. The predicted octanol–water partition coefficient (Wildman–Crippen LogP) is 4.95. The van der Waals surface area contributed by atoms with Gasteiger partial charge in [-0.3, -0.25) is 10.1 Å². The highest BCUT2D eigenvalue weighted by Gasteiger charge is 2.16. The molecule has 0 aliphatic heterocycles. The number of thiazole rings is 1. The number of benzene rings is 2. The molecule has 0 N–H and O–H groups in total. The van der Waals surface area contributed by atoms with Crippen LogP contribution in [-0.4, -0.2) is 16.5 Å². The molecule has 0 fully saturated rings. The maximum absolute atomic E-state index is 10.7. The monoisotopic (exact) mass is 344 g/mol. The number of rotatable bonds is 5. The molecule has 0 amide bonds. The Morgan fingerprint density at radius 2 is 1.74 bits per heavy atom. The highest BCUT2D eigenvalue weighted by Crippen LogP contribution is 2.34. The summed E-state index contributed by atoms with van der Waals surface area (Å²) in [7, 11) is 0. The second-order valence-corrected chi connectivity index (χ2v) is 6.49. The SMILES string of the molecule is O=[N+]([O-])CCc1sc(-c2ccccc2)nc1-c1ccc(Cl)cc1. The Hall–Kier alpha value is -2.24. The van der Waals surface area contributed by atoms with Crippen molar-refractivity contribution < 1.29 is 4.92 Å². The third-order valence-corrected chi connectivity index (χ3v) is 4.77. The topological polar surface area (TPSA) is 56.0 Å². The highest BCUT2D eigenvalue weighted by atomic mass is 35.5. The summed E-state index contributed by atoms with van der Waals surface area (Å²) in [6.45, 7) is -0.100. The van der Waals surface area contributed by atoms with E-state index in [2.05, 4.69) is 0 Å². The summed E-state index contributed by atoms with van der Waals surface area (Å²) in [5.41, 5.74) is 2.73. The molecule has 2 aromatic carbocycles. The maximum Gasteiger partial charge on any atom is 0.208 e. The van der Waals surface area contributed by atoms with Gasteiger partial charge in [0.15, 0.2) is 0 Å². The van der Waals surface area contributed by atoms with E-state index in [4.69, 9.17) is 16.6 Å². The molecular formula is C17H13ClN2O2S. The molecule has 0 spiro atoms. The van der Waals surface area contributed by atoms with Crippen LogP contribution in [0.5, 0.6) is 0 Å². The summed E-state index contributed by atoms with van der Waals surface area (Å²) >= 11 is 7.44. The van der Waals surface area contributed by atoms with Crippen molar-refractivity contribution in [1.29, 1.82) is 0 Å². The Kier molecular flexibility index (Phi) is 4.69. The van der Waals surface area contributed by atoms with Crippen LogP contribution in [0.3, 0.4) is 0 Å². The first kappa shape index (κ1) is 15.6. The van der Waals surface area contributed by atoms with E-state index in [1.54, 1.807) is 12.1 Å². The molecule has 0 atom stereocenters. The summed E-state index contributed by atoms with van der Waals surface area (Å²) in [4.78, 5) is 16.0. The van der Waals surface area contributed by atoms with E-state index >= 15 is 0 Å². The molecule has 1 aromatic heterocycles. The van der Waals surface area contributed by atoms with E-state index in [9.17, 15) is 10.1 Å². The first-order chi connectivity index (χ1) is 11.1. The van der Waals surface area contributed by atoms with Gasteiger partial charge in [-0.05, 0) is 12.1 Å². The normalized spacial score (nSPS) is 10.7. The van der Waals surface area contributed by atoms with Gasteiger partial charge in [0.25, 0.3) is 0 Å². The van der Waals surface area contributed by atoms with Crippen molar-refractivity contribution in [2.75, 3.05) is 6.54 Å². The molecule has 6 heteroatoms. The molecule has 0 unspecified atom stereocenters. The second kappa shape index (κ2) is 6.89. The second-order valence-electron chi connectivity index (χ2n) is 4.97. The number of hydrogen-bond acceptors (Lipinski definition) is 4. The molecule has 0 bridgehead atoms. The lowest BCUT2D eigenvalue weighted by molar-refractivity contribution is -0.479. The van der Waals surface area contributed by atoms with Crippen LogP contribution in [0.15, 0.2) is 54.6 Å². The zero-order valence-electron chi connectivity index (χ0n) is 12.1. The van der Waals surface area contributed by atoms with Crippen molar-refractivity contribution in [3.05, 3.63) is 74.6 Å². The van der Waals surface area contributed by atoms with Crippen molar-refractivity contribution in [3.63, 3.8) is 0 Å². The summed E-state index contributed by atoms with van der Waals surface area (Å²) in [6, 6.07) is 17.2. The van der Waals surface area contributed by atoms with Gasteiger partial charge in [0, 0.05) is 32.4 Å². The van der Waals surface area contributed by atoms with Gasteiger partial charge in [-0.2, -0.15) is 0 Å². The number of aromatic nitrogens is 1. The minimum absolute atomic E-state index is 0.100. The van der Waals surface area contributed by atoms with Gasteiger partial charge >= 0.3 is 0 Å². The third-order valence-electron chi connectivity index (χ3n) is 3.36. The molecule has 0 aliphatic rings. The van der Waals surface area contributed by atoms with Gasteiger partial charge in [0.05, 0.1) is 5.69 Å². The van der Waals surface area contributed by atoms with Gasteiger partial charge in [-0.15, -0.1) is 11.3 Å². The van der Waals surface area contributed by atoms with Gasteiger partial charge in [0.1, 0.15) is 5.01 Å². The Morgan fingerprint density at radius 1 is 1.04 bits per heavy atom. The van der Waals surface area contributed by atoms with Crippen molar-refractivity contribution in [2.45, 2.75) is 6.42 Å². The van der Waals surface area contributed by atoms with Gasteiger partial charge in [-0.25, -0.2) is 4.98 Å². The Labute approximate surface area is 142 Å². The molecule has 23 heavy (non-hydrogen) atoms. The lowest BCUT2D eigenvalue weighted by atomic mass is 10.1. The minimum atomic E-state index is -0.298. The summed E-state index contributed by atoms with van der Waals surface area (Å²) in [6.07, 6.45) is 0.370. The summed E-state index contributed by atoms with van der Waals surface area (Å²) in [5.74, 6) is 0. The standard InChI is InChI=1S/C17H13ClN2O2S/c18-14-8-6-12(7-9-14)16-15(10-11-20(21)22)23-17(19-16)13-4-2-1-3-5-13/h1-9H,10-11H2. The summed E-state index contributed by atoms with van der Waals surface area (Å²) < 4.78 is 0. The van der Waals surface area contributed by atoms with E-state index < -0.39 is 0 Å². The molecule has 0 radical (unpaired) electrons. The van der Waals surface area contributed by atoms with E-state index in [0.29, 0.717) is 11.4 Å². The smallest absolute Gasteiger partial charge is 0.208 e. The lowest BCUT2D eigenvalue weighted by Gasteiger charge is -2.00. The molecular weight excluding hydrogens is 332 g/mol. The average Bonchev–Trinajstić information content (AvgIpc) is 2.99. The number of nitrogens with zero attached hydrogens (tertiary/aromatic N) is 2. The zero-order chi connectivity index (χ0) is 16.2. The van der Waals surface area contributed by atoms with Gasteiger partial charge in [0.2, 0.25) is 6.54 Å². The quantitative estimate of drug-likeness (QED) is 0.486. The fourth-order valence-electron chi connectivity index (χ4n) is 2.25. The molecule has 0 aliphatic carbocycles. The van der Waals surface area contributed by atoms with E-state index in [-0.39, 0.29) is 11.5 Å². The van der Waals surface area contributed by atoms with Crippen molar-refractivity contribution >= 4 is 22.9 Å². The molecule has 4 nitrogen and oxygen atoms in total. The number of hydrogen-bond donors (Lipinski definition) is 0. The van der Waals surface area contributed by atoms with Crippen molar-refractivity contribution in [3.8, 4) is 21.8 Å². The molecule has 3 aromatic rings. The zero-order valence-corrected chi connectivity index (χ0v) is 13.7. The molecule has 0 saturated carbocycles. The van der Waals surface area contributed by atoms with Crippen LogP contribution in [0, 0.1) is 10.1 Å². The number of halogens is 1.